The van der Waals surface area contributed by atoms with Crippen molar-refractivity contribution in [1.82, 2.24) is 0 Å². The molecule has 4 heteroatoms. The minimum Gasteiger partial charge on any atom is -0.321 e. The van der Waals surface area contributed by atoms with Crippen LogP contribution < -0.4 is 5.30 Å². The summed E-state index contributed by atoms with van der Waals surface area (Å²) in [6.07, 6.45) is 0. The van der Waals surface area contributed by atoms with Crippen molar-refractivity contribution in [1.29, 1.82) is 0 Å². The van der Waals surface area contributed by atoms with Crippen LogP contribution in [0.2, 0.25) is 0 Å². The minimum atomic E-state index is -4.40. The van der Waals surface area contributed by atoms with Crippen molar-refractivity contribution >= 4 is 12.9 Å². The van der Waals surface area contributed by atoms with Gasteiger partial charge >= 0.3 is 7.60 Å². The average molecular weight is 338 g/mol. The third-order valence-corrected chi connectivity index (χ3v) is 5.11. The zero-order valence-corrected chi connectivity index (χ0v) is 14.5. The lowest BCUT2D eigenvalue weighted by atomic mass is 9.90. The molecule has 3 aromatic carbocycles. The Kier molecular flexibility index (Phi) is 4.42. The van der Waals surface area contributed by atoms with Gasteiger partial charge in [-0.25, -0.2) is 0 Å². The van der Waals surface area contributed by atoms with Crippen LogP contribution in [0.1, 0.15) is 11.1 Å². The number of hydrogen-bond acceptors (Lipinski definition) is 1. The zero-order valence-electron chi connectivity index (χ0n) is 13.6. The Labute approximate surface area is 141 Å². The molecule has 0 saturated heterocycles. The molecule has 0 aliphatic carbocycles. The van der Waals surface area contributed by atoms with Gasteiger partial charge in [-0.3, -0.25) is 4.57 Å². The van der Waals surface area contributed by atoms with E-state index in [1.165, 1.54) is 6.07 Å². The van der Waals surface area contributed by atoms with Crippen molar-refractivity contribution < 1.29 is 14.4 Å². The molecule has 0 aliphatic heterocycles. The van der Waals surface area contributed by atoms with E-state index in [1.807, 2.05) is 68.4 Å². The monoisotopic (exact) mass is 338 g/mol. The Bertz CT molecular complexity index is 910. The highest BCUT2D eigenvalue weighted by Crippen LogP contribution is 2.43. The van der Waals surface area contributed by atoms with Gasteiger partial charge in [0.05, 0.1) is 5.30 Å². The average Bonchev–Trinajstić information content (AvgIpc) is 2.55. The third kappa shape index (κ3) is 3.20. The van der Waals surface area contributed by atoms with Gasteiger partial charge in [0.1, 0.15) is 0 Å². The molecule has 0 unspecified atom stereocenters. The summed E-state index contributed by atoms with van der Waals surface area (Å²) >= 11 is 0. The molecule has 0 fully saturated rings. The Hall–Kier alpha value is -2.19. The number of rotatable bonds is 3. The van der Waals surface area contributed by atoms with Crippen LogP contribution >= 0.6 is 7.60 Å². The smallest absolute Gasteiger partial charge is 0.321 e. The van der Waals surface area contributed by atoms with E-state index in [1.54, 1.807) is 6.07 Å². The Morgan fingerprint density at radius 1 is 0.708 bits per heavy atom. The van der Waals surface area contributed by atoms with E-state index in [0.717, 1.165) is 27.8 Å². The van der Waals surface area contributed by atoms with E-state index in [-0.39, 0.29) is 5.30 Å². The first-order chi connectivity index (χ1) is 11.4. The first kappa shape index (κ1) is 16.7. The summed E-state index contributed by atoms with van der Waals surface area (Å²) in [7, 11) is -4.40. The summed E-state index contributed by atoms with van der Waals surface area (Å²) in [5.41, 5.74) is 5.34. The fraction of sp³-hybridized carbons (Fsp3) is 0.100. The molecule has 0 saturated carbocycles. The van der Waals surface area contributed by atoms with Gasteiger partial charge in [0, 0.05) is 5.56 Å². The van der Waals surface area contributed by atoms with Crippen LogP contribution in [0.4, 0.5) is 0 Å². The van der Waals surface area contributed by atoms with E-state index in [9.17, 15) is 14.4 Å². The van der Waals surface area contributed by atoms with Gasteiger partial charge in [0.15, 0.2) is 0 Å². The van der Waals surface area contributed by atoms with Gasteiger partial charge in [0.25, 0.3) is 0 Å². The molecule has 0 aliphatic rings. The maximum atomic E-state index is 12.1. The first-order valence-corrected chi connectivity index (χ1v) is 9.31. The fourth-order valence-corrected chi connectivity index (χ4v) is 3.73. The quantitative estimate of drug-likeness (QED) is 0.694. The standard InChI is InChI=1S/C20H19O3P/c1-14-8-11-17(12-9-14)19-15(2)10-13-18(24(21,22)23)20(19)16-6-4-3-5-7-16/h3-13H,1-2H3,(H2,21,22,23). The van der Waals surface area contributed by atoms with Crippen molar-refractivity contribution in [2.75, 3.05) is 0 Å². The summed E-state index contributed by atoms with van der Waals surface area (Å²) in [4.78, 5) is 19.7. The van der Waals surface area contributed by atoms with Crippen LogP contribution in [0.25, 0.3) is 22.3 Å². The van der Waals surface area contributed by atoms with Crippen molar-refractivity contribution in [2.45, 2.75) is 13.8 Å². The lowest BCUT2D eigenvalue weighted by Gasteiger charge is -2.19. The minimum absolute atomic E-state index is 0.0647. The summed E-state index contributed by atoms with van der Waals surface area (Å²) in [6, 6.07) is 20.7. The molecular formula is C20H19O3P. The lowest BCUT2D eigenvalue weighted by Crippen LogP contribution is -2.10. The molecule has 3 aromatic rings. The molecule has 0 aromatic heterocycles. The molecule has 0 heterocycles. The second kappa shape index (κ2) is 6.37. The highest BCUT2D eigenvalue weighted by molar-refractivity contribution is 7.60. The molecule has 122 valence electrons. The Morgan fingerprint density at radius 3 is 1.88 bits per heavy atom. The Morgan fingerprint density at radius 2 is 1.29 bits per heavy atom. The van der Waals surface area contributed by atoms with Crippen LogP contribution in [0, 0.1) is 13.8 Å². The molecule has 2 N–H and O–H groups in total. The van der Waals surface area contributed by atoms with Crippen LogP contribution in [-0.2, 0) is 4.57 Å². The highest BCUT2D eigenvalue weighted by atomic mass is 31.2. The molecule has 3 nitrogen and oxygen atoms in total. The van der Waals surface area contributed by atoms with Crippen LogP contribution in [0.15, 0.2) is 66.7 Å². The normalized spacial score (nSPS) is 11.5. The van der Waals surface area contributed by atoms with Crippen molar-refractivity contribution in [2.24, 2.45) is 0 Å². The van der Waals surface area contributed by atoms with E-state index in [0.29, 0.717) is 5.56 Å². The predicted molar refractivity (Wildman–Crippen MR) is 98.5 cm³/mol. The second-order valence-corrected chi connectivity index (χ2v) is 7.50. The largest absolute Gasteiger partial charge is 0.356 e. The molecule has 24 heavy (non-hydrogen) atoms. The van der Waals surface area contributed by atoms with Crippen molar-refractivity contribution in [3.63, 3.8) is 0 Å². The van der Waals surface area contributed by atoms with E-state index >= 15 is 0 Å². The van der Waals surface area contributed by atoms with Gasteiger partial charge in [-0.05, 0) is 42.2 Å². The van der Waals surface area contributed by atoms with Crippen LogP contribution in [0.5, 0.6) is 0 Å². The van der Waals surface area contributed by atoms with Gasteiger partial charge in [-0.2, -0.15) is 0 Å². The molecule has 0 bridgehead atoms. The van der Waals surface area contributed by atoms with Gasteiger partial charge in [-0.15, -0.1) is 0 Å². The topological polar surface area (TPSA) is 57.5 Å². The van der Waals surface area contributed by atoms with Crippen molar-refractivity contribution in [3.05, 3.63) is 77.9 Å². The zero-order chi connectivity index (χ0) is 17.3. The highest BCUT2D eigenvalue weighted by Gasteiger charge is 2.25. The molecular weight excluding hydrogens is 319 g/mol. The lowest BCUT2D eigenvalue weighted by molar-refractivity contribution is 0.387. The summed E-state index contributed by atoms with van der Waals surface area (Å²) in [6.45, 7) is 3.98. The maximum absolute atomic E-state index is 12.1. The Balaban J connectivity index is 2.40. The SMILES string of the molecule is Cc1ccc(-c2c(C)ccc(P(=O)(O)O)c2-c2ccccc2)cc1. The van der Waals surface area contributed by atoms with E-state index in [2.05, 4.69) is 0 Å². The molecule has 0 atom stereocenters. The maximum Gasteiger partial charge on any atom is 0.356 e. The fourth-order valence-electron chi connectivity index (χ4n) is 2.93. The molecule has 0 spiro atoms. The van der Waals surface area contributed by atoms with Gasteiger partial charge in [-0.1, -0.05) is 66.2 Å². The third-order valence-electron chi connectivity index (χ3n) is 4.11. The number of aryl methyl sites for hydroxylation is 2. The van der Waals surface area contributed by atoms with E-state index in [4.69, 9.17) is 0 Å². The summed E-state index contributed by atoms with van der Waals surface area (Å²) < 4.78 is 12.1. The van der Waals surface area contributed by atoms with Crippen LogP contribution in [-0.4, -0.2) is 9.79 Å². The van der Waals surface area contributed by atoms with Gasteiger partial charge in [0.2, 0.25) is 0 Å². The van der Waals surface area contributed by atoms with E-state index < -0.39 is 7.60 Å². The van der Waals surface area contributed by atoms with Crippen molar-refractivity contribution in [3.8, 4) is 22.3 Å². The second-order valence-electron chi connectivity index (χ2n) is 5.93. The summed E-state index contributed by atoms with van der Waals surface area (Å²) in [5, 5.41) is 0.0647. The number of benzene rings is 3. The molecule has 0 amide bonds. The molecule has 0 radical (unpaired) electrons. The predicted octanol–water partition coefficient (Wildman–Crippen LogP) is 4.44. The van der Waals surface area contributed by atoms with Gasteiger partial charge < -0.3 is 9.79 Å². The van der Waals surface area contributed by atoms with Crippen LogP contribution in [0.3, 0.4) is 0 Å². The number of hydrogen-bond donors (Lipinski definition) is 2. The summed E-state index contributed by atoms with van der Waals surface area (Å²) in [5.74, 6) is 0. The molecule has 3 rings (SSSR count). The first-order valence-electron chi connectivity index (χ1n) is 7.70.